The first-order valence-corrected chi connectivity index (χ1v) is 8.61. The summed E-state index contributed by atoms with van der Waals surface area (Å²) in [7, 11) is 1.42. The van der Waals surface area contributed by atoms with Crippen LogP contribution in [0.4, 0.5) is 0 Å². The summed E-state index contributed by atoms with van der Waals surface area (Å²) >= 11 is 9.18. The molecule has 2 N–H and O–H groups in total. The molecule has 1 aromatic heterocycles. The summed E-state index contributed by atoms with van der Waals surface area (Å²) in [4.78, 5) is 15.8. The predicted molar refractivity (Wildman–Crippen MR) is 104 cm³/mol. The molecule has 0 saturated carbocycles. The topological polar surface area (TPSA) is 86.1 Å². The third kappa shape index (κ3) is 3.32. The number of nitriles is 1. The van der Waals surface area contributed by atoms with E-state index in [0.717, 1.165) is 0 Å². The number of phenols is 1. The third-order valence-electron chi connectivity index (χ3n) is 3.84. The van der Waals surface area contributed by atoms with Gasteiger partial charge in [0.1, 0.15) is 11.6 Å². The summed E-state index contributed by atoms with van der Waals surface area (Å²) < 4.78 is 5.49. The number of Topliss-reactive ketones (excluding diaryl/α,β-unsaturated/α-hetero) is 1. The summed E-state index contributed by atoms with van der Waals surface area (Å²) in [5, 5.41) is 20.6. The van der Waals surface area contributed by atoms with Gasteiger partial charge in [-0.3, -0.25) is 4.79 Å². The molecule has 0 aliphatic rings. The van der Waals surface area contributed by atoms with E-state index in [9.17, 15) is 15.2 Å². The Morgan fingerprint density at radius 3 is 2.85 bits per heavy atom. The van der Waals surface area contributed by atoms with Crippen molar-refractivity contribution in [3.05, 3.63) is 62.7 Å². The number of ketones is 1. The van der Waals surface area contributed by atoms with Crippen LogP contribution < -0.4 is 4.74 Å². The summed E-state index contributed by atoms with van der Waals surface area (Å²) in [6.45, 7) is 0. The summed E-state index contributed by atoms with van der Waals surface area (Å²) in [6, 6.07) is 10.2. The van der Waals surface area contributed by atoms with Crippen molar-refractivity contribution in [2.45, 2.75) is 0 Å². The van der Waals surface area contributed by atoms with Crippen molar-refractivity contribution in [3.8, 4) is 17.6 Å². The van der Waals surface area contributed by atoms with E-state index in [0.29, 0.717) is 31.5 Å². The Balaban J connectivity index is 2.05. The highest BCUT2D eigenvalue weighted by Gasteiger charge is 2.17. The molecule has 0 amide bonds. The minimum absolute atomic E-state index is 0.0412. The number of fused-ring (bicyclic) bond motifs is 1. The number of nitrogens with zero attached hydrogens (tertiary/aromatic N) is 1. The van der Waals surface area contributed by atoms with Gasteiger partial charge in [0.2, 0.25) is 5.78 Å². The van der Waals surface area contributed by atoms with E-state index < -0.39 is 5.78 Å². The fraction of sp³-hybridized carbons (Fsp3) is 0.0526. The maximum Gasteiger partial charge on any atom is 0.205 e. The number of allylic oxidation sites excluding steroid dienone is 1. The molecule has 26 heavy (non-hydrogen) atoms. The monoisotopic (exact) mass is 430 g/mol. The molecule has 5 nitrogen and oxygen atoms in total. The first-order valence-electron chi connectivity index (χ1n) is 7.44. The number of hydrogen-bond acceptors (Lipinski definition) is 4. The van der Waals surface area contributed by atoms with Crippen molar-refractivity contribution < 1.29 is 14.6 Å². The van der Waals surface area contributed by atoms with Gasteiger partial charge in [-0.05, 0) is 51.8 Å². The molecule has 0 aliphatic heterocycles. The minimum Gasteiger partial charge on any atom is -0.503 e. The Morgan fingerprint density at radius 1 is 1.38 bits per heavy atom. The quantitative estimate of drug-likeness (QED) is 0.342. The third-order valence-corrected chi connectivity index (χ3v) is 4.67. The maximum absolute atomic E-state index is 12.8. The fourth-order valence-electron chi connectivity index (χ4n) is 2.58. The Labute approximate surface area is 162 Å². The number of carbonyl (C=O) groups is 1. The number of rotatable bonds is 4. The van der Waals surface area contributed by atoms with Gasteiger partial charge < -0.3 is 14.8 Å². The predicted octanol–water partition coefficient (Wildman–Crippen LogP) is 5.09. The standard InChI is InChI=1S/C19H12BrClN2O3/c1-26-17-6-10(5-15(20)19(17)25)4-11(8-22)18(24)14-9-23-16-7-12(21)2-3-13(14)16/h2-7,9,23,25H,1H3/b11-4+. The zero-order valence-corrected chi connectivity index (χ0v) is 15.9. The van der Waals surface area contributed by atoms with Crippen LogP contribution in [0.2, 0.25) is 5.02 Å². The average molecular weight is 432 g/mol. The lowest BCUT2D eigenvalue weighted by molar-refractivity contribution is 0.104. The molecule has 0 aliphatic carbocycles. The maximum atomic E-state index is 12.8. The van der Waals surface area contributed by atoms with Crippen LogP contribution in [0.15, 0.2) is 46.6 Å². The van der Waals surface area contributed by atoms with Crippen LogP contribution in [0, 0.1) is 11.3 Å². The minimum atomic E-state index is -0.413. The molecule has 0 saturated heterocycles. The highest BCUT2D eigenvalue weighted by Crippen LogP contribution is 2.36. The highest BCUT2D eigenvalue weighted by molar-refractivity contribution is 9.10. The molecule has 0 fully saturated rings. The van der Waals surface area contributed by atoms with Gasteiger partial charge in [0, 0.05) is 27.7 Å². The van der Waals surface area contributed by atoms with E-state index in [-0.39, 0.29) is 17.1 Å². The molecule has 0 unspecified atom stereocenters. The van der Waals surface area contributed by atoms with Crippen LogP contribution in [0.1, 0.15) is 15.9 Å². The Kier molecular flexibility index (Phi) is 5.03. The number of carbonyl (C=O) groups excluding carboxylic acids is 1. The van der Waals surface area contributed by atoms with Crippen LogP contribution in [-0.4, -0.2) is 23.0 Å². The van der Waals surface area contributed by atoms with E-state index in [1.54, 1.807) is 36.5 Å². The molecule has 2 aromatic carbocycles. The number of halogens is 2. The number of H-pyrrole nitrogens is 1. The first-order chi connectivity index (χ1) is 12.4. The second-order valence-corrected chi connectivity index (χ2v) is 6.74. The van der Waals surface area contributed by atoms with Crippen LogP contribution in [-0.2, 0) is 0 Å². The number of phenolic OH excluding ortho intramolecular Hbond substituents is 1. The lowest BCUT2D eigenvalue weighted by Crippen LogP contribution is -2.01. The summed E-state index contributed by atoms with van der Waals surface area (Å²) in [5.41, 5.74) is 1.60. The van der Waals surface area contributed by atoms with E-state index in [1.165, 1.54) is 13.2 Å². The number of aromatic nitrogens is 1. The lowest BCUT2D eigenvalue weighted by atomic mass is 10.0. The van der Waals surface area contributed by atoms with Gasteiger partial charge >= 0.3 is 0 Å². The molecular weight excluding hydrogens is 420 g/mol. The number of nitrogens with one attached hydrogen (secondary N) is 1. The van der Waals surface area contributed by atoms with E-state index in [1.807, 2.05) is 6.07 Å². The van der Waals surface area contributed by atoms with Crippen molar-refractivity contribution in [3.63, 3.8) is 0 Å². The first kappa shape index (κ1) is 18.1. The second kappa shape index (κ2) is 7.24. The molecule has 0 radical (unpaired) electrons. The zero-order chi connectivity index (χ0) is 18.8. The van der Waals surface area contributed by atoms with Gasteiger partial charge in [0.05, 0.1) is 11.6 Å². The highest BCUT2D eigenvalue weighted by atomic mass is 79.9. The van der Waals surface area contributed by atoms with Crippen molar-refractivity contribution in [2.24, 2.45) is 0 Å². The Morgan fingerprint density at radius 2 is 2.15 bits per heavy atom. The number of aromatic hydroxyl groups is 1. The van der Waals surface area contributed by atoms with Gasteiger partial charge in [-0.1, -0.05) is 17.7 Å². The van der Waals surface area contributed by atoms with Gasteiger partial charge in [0.25, 0.3) is 0 Å². The average Bonchev–Trinajstić information content (AvgIpc) is 3.04. The normalized spacial score (nSPS) is 11.4. The van der Waals surface area contributed by atoms with E-state index >= 15 is 0 Å². The zero-order valence-electron chi connectivity index (χ0n) is 13.5. The van der Waals surface area contributed by atoms with Crippen LogP contribution in [0.5, 0.6) is 11.5 Å². The van der Waals surface area contributed by atoms with Gasteiger partial charge in [0.15, 0.2) is 11.5 Å². The van der Waals surface area contributed by atoms with Crippen LogP contribution in [0.3, 0.4) is 0 Å². The molecule has 1 heterocycles. The molecule has 0 atom stereocenters. The molecule has 3 aromatic rings. The number of benzene rings is 2. The lowest BCUT2D eigenvalue weighted by Gasteiger charge is -2.07. The second-order valence-electron chi connectivity index (χ2n) is 5.44. The van der Waals surface area contributed by atoms with Crippen molar-refractivity contribution in [1.29, 1.82) is 5.26 Å². The van der Waals surface area contributed by atoms with Crippen LogP contribution >= 0.6 is 27.5 Å². The van der Waals surface area contributed by atoms with E-state index in [4.69, 9.17) is 16.3 Å². The van der Waals surface area contributed by atoms with Gasteiger partial charge in [-0.25, -0.2) is 0 Å². The summed E-state index contributed by atoms with van der Waals surface area (Å²) in [6.07, 6.45) is 3.01. The molecule has 130 valence electrons. The molecular formula is C19H12BrClN2O3. The van der Waals surface area contributed by atoms with Crippen molar-refractivity contribution in [1.82, 2.24) is 4.98 Å². The molecule has 0 spiro atoms. The van der Waals surface area contributed by atoms with Crippen molar-refractivity contribution in [2.75, 3.05) is 7.11 Å². The van der Waals surface area contributed by atoms with Gasteiger partial charge in [-0.15, -0.1) is 0 Å². The number of methoxy groups -OCH3 is 1. The van der Waals surface area contributed by atoms with Crippen LogP contribution in [0.25, 0.3) is 17.0 Å². The summed E-state index contributed by atoms with van der Waals surface area (Å²) in [5.74, 6) is -0.232. The molecule has 0 bridgehead atoms. The number of ether oxygens (including phenoxy) is 1. The Bertz CT molecular complexity index is 1100. The fourth-order valence-corrected chi connectivity index (χ4v) is 3.21. The van der Waals surface area contributed by atoms with E-state index in [2.05, 4.69) is 20.9 Å². The number of hydrogen-bond donors (Lipinski definition) is 2. The number of aromatic amines is 1. The largest absolute Gasteiger partial charge is 0.503 e. The molecule has 7 heteroatoms. The Hall–Kier alpha value is -2.75. The van der Waals surface area contributed by atoms with Crippen molar-refractivity contribution >= 4 is 50.3 Å². The molecule has 3 rings (SSSR count). The smallest absolute Gasteiger partial charge is 0.205 e. The SMILES string of the molecule is COc1cc(/C=C(\C#N)C(=O)c2c[nH]c3cc(Cl)ccc23)cc(Br)c1O. The van der Waals surface area contributed by atoms with Gasteiger partial charge in [-0.2, -0.15) is 5.26 Å².